The van der Waals surface area contributed by atoms with E-state index in [4.69, 9.17) is 24.2 Å². The Morgan fingerprint density at radius 1 is 0.897 bits per heavy atom. The fourth-order valence-electron chi connectivity index (χ4n) is 10.6. The SMILES string of the molecule is C=CCOC12Oc3ccc(Oc4ccc(SC)cc4)cc3C3C(CCCCO)C(CCCCO)C=C(C(=NOC(C)(C)C)CC1N(Cc1ccc(F)cc1)C(=O)CCCCCCCCCCC)C32. The first-order valence-corrected chi connectivity index (χ1v) is 26.8. The van der Waals surface area contributed by atoms with Crippen molar-refractivity contribution in [3.8, 4) is 17.2 Å². The Kier molecular flexibility index (Phi) is 20.5. The number of rotatable bonds is 28. The largest absolute Gasteiger partial charge is 0.459 e. The van der Waals surface area contributed by atoms with Crippen LogP contribution in [-0.2, 0) is 20.9 Å². The molecule has 3 aromatic rings. The average molecular weight is 955 g/mol. The first-order valence-electron chi connectivity index (χ1n) is 25.6. The van der Waals surface area contributed by atoms with Crippen LogP contribution >= 0.6 is 11.8 Å². The number of hydrogen-bond donors (Lipinski definition) is 2. The summed E-state index contributed by atoms with van der Waals surface area (Å²) in [6.45, 7) is 12.9. The van der Waals surface area contributed by atoms with Crippen LogP contribution in [-0.4, -0.2) is 70.2 Å². The number of carbonyl (C=O) groups excluding carboxylic acids is 1. The number of halogens is 1. The van der Waals surface area contributed by atoms with E-state index in [9.17, 15) is 14.6 Å². The highest BCUT2D eigenvalue weighted by Gasteiger charge is 2.65. The standard InChI is InChI=1S/C57H79FN2O7S/c1-7-9-10-11-12-13-14-15-16-23-53(63)60(40-41-24-26-43(58)27-25-41)52-39-50(59-67-56(3,4)5)48-37-42(21-17-19-34-61)47(22-18-20-35-62)54-49-38-45(65-44-28-31-46(68-6)32-29-44)30-33-51(49)66-57(52,55(48)54)64-36-8-2/h8,24-33,37-38,42,47,52,54-55,61-62H,2,7,9-23,34-36,39-40H2,1,3-6H3. The van der Waals surface area contributed by atoms with Crippen LogP contribution in [0.15, 0.2) is 101 Å². The summed E-state index contributed by atoms with van der Waals surface area (Å²) in [6, 6.07) is 19.8. The average Bonchev–Trinajstić information content (AvgIpc) is 3.33. The summed E-state index contributed by atoms with van der Waals surface area (Å²) in [4.78, 5) is 24.6. The Morgan fingerprint density at radius 2 is 1.56 bits per heavy atom. The maximum atomic E-state index is 15.2. The number of oxime groups is 1. The number of unbranched alkanes of at least 4 members (excludes halogenated alkanes) is 10. The molecule has 1 fully saturated rings. The van der Waals surface area contributed by atoms with Gasteiger partial charge in [-0.25, -0.2) is 4.39 Å². The van der Waals surface area contributed by atoms with Crippen molar-refractivity contribution in [1.29, 1.82) is 0 Å². The van der Waals surface area contributed by atoms with Crippen LogP contribution < -0.4 is 9.47 Å². The second-order valence-corrected chi connectivity index (χ2v) is 20.9. The number of aliphatic hydroxyl groups excluding tert-OH is 2. The minimum atomic E-state index is -1.41. The van der Waals surface area contributed by atoms with Gasteiger partial charge in [-0.05, 0) is 137 Å². The smallest absolute Gasteiger partial charge is 0.239 e. The molecule has 1 aliphatic heterocycles. The number of thioether (sulfide) groups is 1. The molecule has 1 saturated carbocycles. The zero-order chi connectivity index (χ0) is 48.5. The lowest BCUT2D eigenvalue weighted by molar-refractivity contribution is -0.258. The normalized spacial score (nSPS) is 22.4. The van der Waals surface area contributed by atoms with Crippen molar-refractivity contribution in [3.05, 3.63) is 108 Å². The molecule has 3 aromatic carbocycles. The molecule has 2 aliphatic carbocycles. The van der Waals surface area contributed by atoms with Crippen molar-refractivity contribution >= 4 is 23.4 Å². The monoisotopic (exact) mass is 955 g/mol. The predicted molar refractivity (Wildman–Crippen MR) is 273 cm³/mol. The van der Waals surface area contributed by atoms with Crippen molar-refractivity contribution in [3.63, 3.8) is 0 Å². The molecule has 6 rings (SSSR count). The number of nitrogens with zero attached hydrogens (tertiary/aromatic N) is 2. The van der Waals surface area contributed by atoms with Gasteiger partial charge < -0.3 is 34.2 Å². The first-order chi connectivity index (χ1) is 32.9. The molecule has 68 heavy (non-hydrogen) atoms. The number of hydrogen-bond acceptors (Lipinski definition) is 9. The zero-order valence-corrected chi connectivity index (χ0v) is 42.4. The first kappa shape index (κ1) is 53.2. The van der Waals surface area contributed by atoms with Gasteiger partial charge in [0.05, 0.1) is 18.2 Å². The van der Waals surface area contributed by atoms with E-state index in [1.54, 1.807) is 30.0 Å². The minimum absolute atomic E-state index is 0.0215. The van der Waals surface area contributed by atoms with E-state index >= 15 is 4.79 Å². The van der Waals surface area contributed by atoms with Gasteiger partial charge in [0.1, 0.15) is 34.7 Å². The third kappa shape index (κ3) is 14.0. The molecule has 11 heteroatoms. The van der Waals surface area contributed by atoms with Gasteiger partial charge in [-0.3, -0.25) is 4.79 Å². The molecule has 3 aliphatic rings. The summed E-state index contributed by atoms with van der Waals surface area (Å²) in [6.07, 6.45) is 21.6. The van der Waals surface area contributed by atoms with Crippen LogP contribution in [0.1, 0.15) is 154 Å². The van der Waals surface area contributed by atoms with Gasteiger partial charge in [-0.1, -0.05) is 101 Å². The molecule has 1 amide bonds. The van der Waals surface area contributed by atoms with Crippen molar-refractivity contribution in [1.82, 2.24) is 4.90 Å². The van der Waals surface area contributed by atoms with E-state index in [2.05, 4.69) is 44.0 Å². The van der Waals surface area contributed by atoms with Crippen LogP contribution in [0.4, 0.5) is 4.39 Å². The molecule has 0 spiro atoms. The highest BCUT2D eigenvalue weighted by Crippen LogP contribution is 2.62. The van der Waals surface area contributed by atoms with Gasteiger partial charge in [-0.15, -0.1) is 18.3 Å². The van der Waals surface area contributed by atoms with E-state index in [1.807, 2.05) is 49.9 Å². The van der Waals surface area contributed by atoms with Crippen molar-refractivity contribution < 1.29 is 38.4 Å². The Bertz CT molecular complexity index is 2100. The summed E-state index contributed by atoms with van der Waals surface area (Å²) in [5.74, 6) is -0.226. The van der Waals surface area contributed by atoms with Crippen LogP contribution in [0.3, 0.4) is 0 Å². The molecule has 2 N–H and O–H groups in total. The van der Waals surface area contributed by atoms with Crippen LogP contribution in [0.2, 0.25) is 0 Å². The lowest BCUT2D eigenvalue weighted by Crippen LogP contribution is -2.70. The maximum Gasteiger partial charge on any atom is 0.239 e. The lowest BCUT2D eigenvalue weighted by Gasteiger charge is -2.60. The van der Waals surface area contributed by atoms with Gasteiger partial charge in [0.2, 0.25) is 11.7 Å². The number of aliphatic hydroxyl groups is 2. The molecule has 0 bridgehead atoms. The van der Waals surface area contributed by atoms with Crippen molar-refractivity contribution in [2.75, 3.05) is 26.1 Å². The Morgan fingerprint density at radius 3 is 2.21 bits per heavy atom. The summed E-state index contributed by atoms with van der Waals surface area (Å²) in [7, 11) is 0. The second-order valence-electron chi connectivity index (χ2n) is 20.0. The molecule has 6 atom stereocenters. The van der Waals surface area contributed by atoms with Crippen LogP contribution in [0, 0.1) is 23.6 Å². The number of benzene rings is 3. The molecule has 6 unspecified atom stereocenters. The maximum absolute atomic E-state index is 15.2. The summed E-state index contributed by atoms with van der Waals surface area (Å²) < 4.78 is 35.8. The molecule has 0 aromatic heterocycles. The van der Waals surface area contributed by atoms with Gasteiger partial charge in [0.15, 0.2) is 0 Å². The van der Waals surface area contributed by atoms with E-state index < -0.39 is 23.3 Å². The summed E-state index contributed by atoms with van der Waals surface area (Å²) in [5, 5.41) is 25.1. The highest BCUT2D eigenvalue weighted by atomic mass is 32.2. The van der Waals surface area contributed by atoms with Crippen LogP contribution in [0.25, 0.3) is 0 Å². The number of amides is 1. The Hall–Kier alpha value is -4.16. The molecular formula is C57H79FN2O7S. The summed E-state index contributed by atoms with van der Waals surface area (Å²) in [5.41, 5.74) is 2.90. The molecular weight excluding hydrogens is 876 g/mol. The van der Waals surface area contributed by atoms with E-state index in [0.717, 1.165) is 84.4 Å². The molecule has 9 nitrogen and oxygen atoms in total. The van der Waals surface area contributed by atoms with Gasteiger partial charge in [0, 0.05) is 49.0 Å². The highest BCUT2D eigenvalue weighted by molar-refractivity contribution is 7.98. The summed E-state index contributed by atoms with van der Waals surface area (Å²) >= 11 is 1.68. The minimum Gasteiger partial charge on any atom is -0.459 e. The van der Waals surface area contributed by atoms with Crippen molar-refractivity contribution in [2.45, 2.75) is 172 Å². The lowest BCUT2D eigenvalue weighted by atomic mass is 9.55. The van der Waals surface area contributed by atoms with Crippen LogP contribution in [0.5, 0.6) is 17.2 Å². The zero-order valence-electron chi connectivity index (χ0n) is 41.6. The number of allylic oxidation sites excluding steroid dienone is 1. The fourth-order valence-corrected chi connectivity index (χ4v) is 11.0. The van der Waals surface area contributed by atoms with E-state index in [1.165, 1.54) is 44.2 Å². The van der Waals surface area contributed by atoms with Crippen molar-refractivity contribution in [2.24, 2.45) is 22.9 Å². The van der Waals surface area contributed by atoms with E-state index in [-0.39, 0.29) is 62.3 Å². The molecule has 1 heterocycles. The molecule has 372 valence electrons. The Balaban J connectivity index is 1.52. The molecule has 0 radical (unpaired) electrons. The van der Waals surface area contributed by atoms with Gasteiger partial charge in [0.25, 0.3) is 0 Å². The number of carbonyl (C=O) groups is 1. The molecule has 0 saturated heterocycles. The third-order valence-corrected chi connectivity index (χ3v) is 14.6. The van der Waals surface area contributed by atoms with Gasteiger partial charge >= 0.3 is 0 Å². The van der Waals surface area contributed by atoms with Gasteiger partial charge in [-0.2, -0.15) is 0 Å². The quantitative estimate of drug-likeness (QED) is 0.0321. The second kappa shape index (κ2) is 26.2. The topological polar surface area (TPSA) is 110 Å². The number of ether oxygens (including phenoxy) is 3. The van der Waals surface area contributed by atoms with E-state index in [0.29, 0.717) is 30.8 Å². The predicted octanol–water partition coefficient (Wildman–Crippen LogP) is 13.7. The number of fused-ring (bicyclic) bond motifs is 2. The fraction of sp³-hybridized carbons (Fsp3) is 0.579. The Labute approximate surface area is 410 Å². The third-order valence-electron chi connectivity index (χ3n) is 13.8.